The number of carbonyl (C=O) groups excluding carboxylic acids is 4. The summed E-state index contributed by atoms with van der Waals surface area (Å²) < 4.78 is 68.4. The molecule has 19 heteroatoms. The van der Waals surface area contributed by atoms with Crippen molar-refractivity contribution in [3.63, 3.8) is 0 Å². The van der Waals surface area contributed by atoms with Crippen molar-refractivity contribution in [2.24, 2.45) is 17.8 Å². The quantitative estimate of drug-likeness (QED) is 0.0222. The van der Waals surface area contributed by atoms with E-state index in [0.717, 1.165) is 108 Å². The average molecular weight is 1350 g/mol. The average Bonchev–Trinajstić information content (AvgIpc) is 2.49. The van der Waals surface area contributed by atoms with Crippen LogP contribution in [0.5, 0.6) is 0 Å². The number of hydrogen-bond acceptors (Lipinski definition) is 15. The SMILES string of the molecule is CCCCCCCCCCCCCCCCCC(=O)OC[C@H](COP(=O)(O)OC[C@@H](O)COP(=O)(O)OC[C@@H](COC(=O)CCCCCCCCC(C)C)OC(=O)CCCCCCCCCCC(C)C)OC(=O)CCCCCCCCCCCCCCCCC(C)C. The number of phosphoric ester groups is 2. The summed E-state index contributed by atoms with van der Waals surface area (Å²) >= 11 is 0. The van der Waals surface area contributed by atoms with E-state index in [4.69, 9.17) is 37.0 Å². The minimum absolute atomic E-state index is 0.103. The Morgan fingerprint density at radius 3 is 0.739 bits per heavy atom. The zero-order valence-corrected chi connectivity index (χ0v) is 61.8. The summed E-state index contributed by atoms with van der Waals surface area (Å²) in [6, 6.07) is 0. The molecule has 0 radical (unpaired) electrons. The van der Waals surface area contributed by atoms with Crippen LogP contribution in [0, 0.1) is 17.8 Å². The van der Waals surface area contributed by atoms with Crippen LogP contribution in [-0.2, 0) is 65.4 Å². The molecule has 546 valence electrons. The van der Waals surface area contributed by atoms with Gasteiger partial charge in [0.2, 0.25) is 0 Å². The lowest BCUT2D eigenvalue weighted by atomic mass is 10.0. The second kappa shape index (κ2) is 63.8. The smallest absolute Gasteiger partial charge is 0.462 e. The molecule has 0 heterocycles. The molecule has 2 unspecified atom stereocenters. The topological polar surface area (TPSA) is 237 Å². The monoisotopic (exact) mass is 1350 g/mol. The number of ether oxygens (including phenoxy) is 4. The summed E-state index contributed by atoms with van der Waals surface area (Å²) in [6.45, 7) is 11.8. The van der Waals surface area contributed by atoms with Gasteiger partial charge in [-0.05, 0) is 43.4 Å². The zero-order chi connectivity index (χ0) is 68.0. The van der Waals surface area contributed by atoms with Crippen LogP contribution in [0.15, 0.2) is 0 Å². The Morgan fingerprint density at radius 1 is 0.293 bits per heavy atom. The van der Waals surface area contributed by atoms with Crippen molar-refractivity contribution >= 4 is 39.5 Å². The predicted molar refractivity (Wildman–Crippen MR) is 372 cm³/mol. The number of aliphatic hydroxyl groups is 1. The first-order valence-corrected chi connectivity index (χ1v) is 40.8. The Hall–Kier alpha value is -1.94. The number of hydrogen-bond donors (Lipinski definition) is 3. The van der Waals surface area contributed by atoms with Gasteiger partial charge < -0.3 is 33.8 Å². The fourth-order valence-electron chi connectivity index (χ4n) is 11.1. The highest BCUT2D eigenvalue weighted by atomic mass is 31.2. The molecule has 0 aliphatic heterocycles. The standard InChI is InChI=1S/C73H142O17P2/c1-8-9-10-11-12-13-14-15-16-20-23-26-32-40-47-54-70(75)83-60-68(89-72(77)56-49-42-33-27-24-21-18-17-19-22-25-30-37-44-51-64(2)3)62-87-91(79,80)85-58-67(74)59-86-92(81,82)88-63-69(61-84-71(76)55-48-41-36-35-39-46-53-66(6)7)90-73(78)57-50-43-34-29-28-31-38-45-52-65(4)5/h64-69,74H,8-63H2,1-7H3,(H,79,80)(H,81,82)/t67-,68-,69-/m1/s1. The van der Waals surface area contributed by atoms with Crippen molar-refractivity contribution in [1.82, 2.24) is 0 Å². The van der Waals surface area contributed by atoms with Crippen molar-refractivity contribution < 1.29 is 80.2 Å². The van der Waals surface area contributed by atoms with Crippen LogP contribution in [-0.4, -0.2) is 96.7 Å². The number of carbonyl (C=O) groups is 4. The Bertz CT molecular complexity index is 1800. The number of phosphoric acid groups is 2. The summed E-state index contributed by atoms with van der Waals surface area (Å²) in [5, 5.41) is 10.6. The Balaban J connectivity index is 5.23. The molecule has 0 rings (SSSR count). The van der Waals surface area contributed by atoms with Crippen molar-refractivity contribution in [2.45, 2.75) is 388 Å². The third-order valence-corrected chi connectivity index (χ3v) is 18.8. The maximum atomic E-state index is 13.1. The highest BCUT2D eigenvalue weighted by molar-refractivity contribution is 7.47. The van der Waals surface area contributed by atoms with E-state index in [-0.39, 0.29) is 25.7 Å². The van der Waals surface area contributed by atoms with Crippen molar-refractivity contribution in [1.29, 1.82) is 0 Å². The highest BCUT2D eigenvalue weighted by Gasteiger charge is 2.30. The van der Waals surface area contributed by atoms with Gasteiger partial charge in [0.05, 0.1) is 26.4 Å². The predicted octanol–water partition coefficient (Wildman–Crippen LogP) is 21.0. The summed E-state index contributed by atoms with van der Waals surface area (Å²) in [6.07, 6.45) is 48.8. The molecule has 0 aliphatic carbocycles. The molecule has 0 aliphatic rings. The van der Waals surface area contributed by atoms with Gasteiger partial charge in [-0.15, -0.1) is 0 Å². The Kier molecular flexibility index (Phi) is 62.4. The van der Waals surface area contributed by atoms with E-state index in [2.05, 4.69) is 48.5 Å². The summed E-state index contributed by atoms with van der Waals surface area (Å²) in [5.41, 5.74) is 0. The van der Waals surface area contributed by atoms with Gasteiger partial charge in [0, 0.05) is 25.7 Å². The van der Waals surface area contributed by atoms with Crippen LogP contribution in [0.3, 0.4) is 0 Å². The second-order valence-electron chi connectivity index (χ2n) is 27.8. The lowest BCUT2D eigenvalue weighted by Gasteiger charge is -2.21. The normalized spacial score (nSPS) is 14.1. The van der Waals surface area contributed by atoms with Crippen LogP contribution in [0.4, 0.5) is 0 Å². The molecule has 0 aromatic heterocycles. The van der Waals surface area contributed by atoms with E-state index in [1.807, 2.05) is 0 Å². The minimum atomic E-state index is -4.96. The number of esters is 4. The van der Waals surface area contributed by atoms with Crippen LogP contribution >= 0.6 is 15.6 Å². The molecule has 0 saturated carbocycles. The molecule has 3 N–H and O–H groups in total. The van der Waals surface area contributed by atoms with Crippen molar-refractivity contribution in [2.75, 3.05) is 39.6 Å². The summed E-state index contributed by atoms with van der Waals surface area (Å²) in [4.78, 5) is 72.6. The van der Waals surface area contributed by atoms with Crippen molar-refractivity contribution in [3.8, 4) is 0 Å². The molecule has 0 spiro atoms. The van der Waals surface area contributed by atoms with Gasteiger partial charge in [-0.2, -0.15) is 0 Å². The second-order valence-corrected chi connectivity index (χ2v) is 30.7. The molecule has 0 fully saturated rings. The van der Waals surface area contributed by atoms with E-state index in [1.165, 1.54) is 173 Å². The molecule has 17 nitrogen and oxygen atoms in total. The fourth-order valence-corrected chi connectivity index (χ4v) is 12.7. The van der Waals surface area contributed by atoms with Gasteiger partial charge in [-0.1, -0.05) is 318 Å². The fraction of sp³-hybridized carbons (Fsp3) is 0.945. The molecule has 92 heavy (non-hydrogen) atoms. The molecule has 5 atom stereocenters. The minimum Gasteiger partial charge on any atom is -0.462 e. The third-order valence-electron chi connectivity index (χ3n) is 16.9. The lowest BCUT2D eigenvalue weighted by molar-refractivity contribution is -0.161. The number of rotatable bonds is 71. The lowest BCUT2D eigenvalue weighted by Crippen LogP contribution is -2.30. The first kappa shape index (κ1) is 90.1. The third kappa shape index (κ3) is 66.7. The Labute approximate surface area is 562 Å². The van der Waals surface area contributed by atoms with Crippen LogP contribution < -0.4 is 0 Å². The van der Waals surface area contributed by atoms with E-state index < -0.39 is 97.5 Å². The zero-order valence-electron chi connectivity index (χ0n) is 60.0. The van der Waals surface area contributed by atoms with Gasteiger partial charge in [-0.25, -0.2) is 9.13 Å². The van der Waals surface area contributed by atoms with Gasteiger partial charge in [-0.3, -0.25) is 37.3 Å². The Morgan fingerprint density at radius 2 is 0.500 bits per heavy atom. The molecular formula is C73H142O17P2. The van der Waals surface area contributed by atoms with E-state index >= 15 is 0 Å². The van der Waals surface area contributed by atoms with Gasteiger partial charge in [0.15, 0.2) is 12.2 Å². The maximum Gasteiger partial charge on any atom is 0.472 e. The molecule has 0 bridgehead atoms. The maximum absolute atomic E-state index is 13.1. The molecule has 0 saturated heterocycles. The van der Waals surface area contributed by atoms with Crippen molar-refractivity contribution in [3.05, 3.63) is 0 Å². The molecule has 0 aromatic rings. The van der Waals surface area contributed by atoms with Crippen LogP contribution in [0.2, 0.25) is 0 Å². The molecule has 0 amide bonds. The van der Waals surface area contributed by atoms with E-state index in [9.17, 15) is 43.2 Å². The van der Waals surface area contributed by atoms with Crippen LogP contribution in [0.25, 0.3) is 0 Å². The van der Waals surface area contributed by atoms with E-state index in [0.29, 0.717) is 31.6 Å². The summed E-state index contributed by atoms with van der Waals surface area (Å²) in [5.74, 6) is 0.0681. The first-order valence-electron chi connectivity index (χ1n) is 37.8. The van der Waals surface area contributed by atoms with E-state index in [1.54, 1.807) is 0 Å². The molecule has 0 aromatic carbocycles. The van der Waals surface area contributed by atoms with Gasteiger partial charge >= 0.3 is 39.5 Å². The van der Waals surface area contributed by atoms with Crippen LogP contribution in [0.1, 0.15) is 370 Å². The highest BCUT2D eigenvalue weighted by Crippen LogP contribution is 2.45. The summed E-state index contributed by atoms with van der Waals surface area (Å²) in [7, 11) is -9.91. The first-order chi connectivity index (χ1) is 44.2. The van der Waals surface area contributed by atoms with Gasteiger partial charge in [0.1, 0.15) is 19.3 Å². The largest absolute Gasteiger partial charge is 0.472 e. The molecular weight excluding hydrogens is 1210 g/mol. The number of unbranched alkanes of at least 4 members (excludes halogenated alkanes) is 39. The number of aliphatic hydroxyl groups excluding tert-OH is 1. The van der Waals surface area contributed by atoms with Gasteiger partial charge in [0.25, 0.3) is 0 Å².